The second-order valence-corrected chi connectivity index (χ2v) is 5.81. The van der Waals surface area contributed by atoms with Crippen molar-refractivity contribution in [3.63, 3.8) is 0 Å². The number of halogens is 3. The molecule has 0 saturated carbocycles. The van der Waals surface area contributed by atoms with Gasteiger partial charge in [0.15, 0.2) is 0 Å². The van der Waals surface area contributed by atoms with Crippen LogP contribution in [0.25, 0.3) is 0 Å². The van der Waals surface area contributed by atoms with Gasteiger partial charge in [-0.05, 0) is 17.7 Å². The van der Waals surface area contributed by atoms with Gasteiger partial charge in [0, 0.05) is 9.77 Å². The Morgan fingerprint density at radius 1 is 1.40 bits per heavy atom. The molecule has 0 radical (unpaired) electrons. The maximum absolute atomic E-state index is 12.5. The summed E-state index contributed by atoms with van der Waals surface area (Å²) >= 11 is 2.35. The fourth-order valence-corrected chi connectivity index (χ4v) is 3.39. The van der Waals surface area contributed by atoms with Crippen LogP contribution in [-0.2, 0) is 6.18 Å². The second kappa shape index (κ2) is 4.78. The molecule has 0 spiro atoms. The van der Waals surface area contributed by atoms with Crippen LogP contribution >= 0.6 is 23.1 Å². The van der Waals surface area contributed by atoms with Crippen molar-refractivity contribution in [2.24, 2.45) is 0 Å². The van der Waals surface area contributed by atoms with E-state index in [1.165, 1.54) is 17.8 Å². The predicted octanol–water partition coefficient (Wildman–Crippen LogP) is 5.00. The molecule has 0 aliphatic heterocycles. The van der Waals surface area contributed by atoms with Gasteiger partial charge in [0.2, 0.25) is 0 Å². The summed E-state index contributed by atoms with van der Waals surface area (Å²) in [6, 6.07) is 1.27. The third-order valence-electron chi connectivity index (χ3n) is 1.83. The number of alkyl halides is 3. The number of rotatable bonds is 3. The van der Waals surface area contributed by atoms with Crippen LogP contribution in [0.5, 0.6) is 0 Å². The Kier molecular flexibility index (Phi) is 4.12. The van der Waals surface area contributed by atoms with Crippen molar-refractivity contribution in [2.75, 3.05) is 5.75 Å². The largest absolute Gasteiger partial charge is 0.425 e. The van der Waals surface area contributed by atoms with Gasteiger partial charge >= 0.3 is 6.18 Å². The zero-order valence-corrected chi connectivity index (χ0v) is 10.4. The van der Waals surface area contributed by atoms with Gasteiger partial charge in [0.1, 0.15) is 4.88 Å². The van der Waals surface area contributed by atoms with E-state index in [9.17, 15) is 13.2 Å². The Hall–Kier alpha value is -0.160. The third kappa shape index (κ3) is 3.14. The minimum Gasteiger partial charge on any atom is -0.165 e. The first-order chi connectivity index (χ1) is 6.86. The van der Waals surface area contributed by atoms with Gasteiger partial charge in [-0.1, -0.05) is 20.8 Å². The molecule has 0 N–H and O–H groups in total. The highest BCUT2D eigenvalue weighted by atomic mass is 32.2. The zero-order chi connectivity index (χ0) is 11.6. The van der Waals surface area contributed by atoms with E-state index in [0.29, 0.717) is 0 Å². The van der Waals surface area contributed by atoms with Gasteiger partial charge in [0.25, 0.3) is 0 Å². The van der Waals surface area contributed by atoms with Crippen molar-refractivity contribution in [3.05, 3.63) is 15.8 Å². The summed E-state index contributed by atoms with van der Waals surface area (Å²) < 4.78 is 37.5. The summed E-state index contributed by atoms with van der Waals surface area (Å²) in [6.07, 6.45) is -4.21. The molecule has 0 fully saturated rings. The Morgan fingerprint density at radius 3 is 2.40 bits per heavy atom. The molecule has 5 heteroatoms. The quantitative estimate of drug-likeness (QED) is 0.684. The molecule has 0 aliphatic rings. The third-order valence-corrected chi connectivity index (χ3v) is 4.38. The Balaban J connectivity index is 3.09. The van der Waals surface area contributed by atoms with Gasteiger partial charge in [0.05, 0.1) is 0 Å². The summed E-state index contributed by atoms with van der Waals surface area (Å²) in [7, 11) is 0. The van der Waals surface area contributed by atoms with E-state index in [-0.39, 0.29) is 5.92 Å². The van der Waals surface area contributed by atoms with E-state index in [1.807, 2.05) is 20.8 Å². The van der Waals surface area contributed by atoms with Crippen LogP contribution < -0.4 is 0 Å². The van der Waals surface area contributed by atoms with Gasteiger partial charge in [-0.3, -0.25) is 0 Å². The smallest absolute Gasteiger partial charge is 0.165 e. The number of thiophene rings is 1. The second-order valence-electron chi connectivity index (χ2n) is 3.42. The first-order valence-corrected chi connectivity index (χ1v) is 6.50. The summed E-state index contributed by atoms with van der Waals surface area (Å²) in [4.78, 5) is 1.14. The zero-order valence-electron chi connectivity index (χ0n) is 8.81. The molecule has 0 aromatic carbocycles. The van der Waals surface area contributed by atoms with Gasteiger partial charge in [-0.25, -0.2) is 0 Å². The van der Waals surface area contributed by atoms with Gasteiger partial charge < -0.3 is 0 Å². The summed E-state index contributed by atoms with van der Waals surface area (Å²) in [5.41, 5.74) is 0. The molecule has 0 nitrogen and oxygen atoms in total. The molecule has 1 heterocycles. The Morgan fingerprint density at radius 2 is 2.00 bits per heavy atom. The van der Waals surface area contributed by atoms with Crippen molar-refractivity contribution < 1.29 is 13.2 Å². The number of hydrogen-bond donors (Lipinski definition) is 0. The van der Waals surface area contributed by atoms with E-state index >= 15 is 0 Å². The fourth-order valence-electron chi connectivity index (χ4n) is 1.20. The molecule has 0 atom stereocenters. The number of thioether (sulfide) groups is 1. The lowest BCUT2D eigenvalue weighted by Crippen LogP contribution is -2.00. The average Bonchev–Trinajstić information content (AvgIpc) is 2.48. The molecule has 15 heavy (non-hydrogen) atoms. The molecule has 1 aromatic rings. The maximum Gasteiger partial charge on any atom is 0.425 e. The van der Waals surface area contributed by atoms with Crippen LogP contribution in [0, 0.1) is 0 Å². The summed E-state index contributed by atoms with van der Waals surface area (Å²) in [5, 5.41) is 0. The lowest BCUT2D eigenvalue weighted by molar-refractivity contribution is -0.134. The predicted molar refractivity (Wildman–Crippen MR) is 59.8 cm³/mol. The number of hydrogen-bond acceptors (Lipinski definition) is 2. The van der Waals surface area contributed by atoms with Crippen molar-refractivity contribution in [2.45, 2.75) is 37.8 Å². The lowest BCUT2D eigenvalue weighted by Gasteiger charge is -2.04. The van der Waals surface area contributed by atoms with Crippen molar-refractivity contribution in [3.8, 4) is 0 Å². The van der Waals surface area contributed by atoms with E-state index in [2.05, 4.69) is 0 Å². The lowest BCUT2D eigenvalue weighted by atomic mass is 10.2. The standard InChI is InChI=1S/C10H13F3S2/c1-4-14-7-5-8(10(11,12)13)15-9(7)6(2)3/h5-6H,4H2,1-3H3. The van der Waals surface area contributed by atoms with Crippen molar-refractivity contribution >= 4 is 23.1 Å². The van der Waals surface area contributed by atoms with E-state index < -0.39 is 11.1 Å². The highest BCUT2D eigenvalue weighted by Crippen LogP contribution is 2.42. The van der Waals surface area contributed by atoms with Crippen LogP contribution in [0.4, 0.5) is 13.2 Å². The molecule has 1 aromatic heterocycles. The molecule has 0 amide bonds. The molecule has 1 rings (SSSR count). The Labute approximate surface area is 95.9 Å². The molecule has 0 saturated heterocycles. The van der Waals surface area contributed by atoms with Crippen molar-refractivity contribution in [1.29, 1.82) is 0 Å². The minimum atomic E-state index is -4.21. The van der Waals surface area contributed by atoms with Crippen LogP contribution in [0.1, 0.15) is 36.4 Å². The first-order valence-electron chi connectivity index (χ1n) is 4.70. The van der Waals surface area contributed by atoms with E-state index in [4.69, 9.17) is 0 Å². The molecular formula is C10H13F3S2. The molecule has 0 bridgehead atoms. The fraction of sp³-hybridized carbons (Fsp3) is 0.600. The SMILES string of the molecule is CCSc1cc(C(F)(F)F)sc1C(C)C. The van der Waals surface area contributed by atoms with Crippen LogP contribution in [0.15, 0.2) is 11.0 Å². The van der Waals surface area contributed by atoms with Crippen molar-refractivity contribution in [1.82, 2.24) is 0 Å². The average molecular weight is 254 g/mol. The highest BCUT2D eigenvalue weighted by molar-refractivity contribution is 7.99. The molecule has 0 aliphatic carbocycles. The van der Waals surface area contributed by atoms with Crippen LogP contribution in [-0.4, -0.2) is 5.75 Å². The van der Waals surface area contributed by atoms with E-state index in [1.54, 1.807) is 0 Å². The van der Waals surface area contributed by atoms with Crippen LogP contribution in [0.2, 0.25) is 0 Å². The normalized spacial score (nSPS) is 12.5. The molecule has 86 valence electrons. The van der Waals surface area contributed by atoms with Crippen LogP contribution in [0.3, 0.4) is 0 Å². The molecular weight excluding hydrogens is 241 g/mol. The minimum absolute atomic E-state index is 0.153. The summed E-state index contributed by atoms with van der Waals surface area (Å²) in [6.45, 7) is 5.79. The van der Waals surface area contributed by atoms with Gasteiger partial charge in [-0.2, -0.15) is 13.2 Å². The topological polar surface area (TPSA) is 0 Å². The summed E-state index contributed by atoms with van der Waals surface area (Å²) in [5.74, 6) is 0.952. The highest BCUT2D eigenvalue weighted by Gasteiger charge is 2.34. The van der Waals surface area contributed by atoms with E-state index in [0.717, 1.165) is 26.9 Å². The molecule has 0 unspecified atom stereocenters. The first kappa shape index (κ1) is 12.9. The van der Waals surface area contributed by atoms with Gasteiger partial charge in [-0.15, -0.1) is 23.1 Å². The monoisotopic (exact) mass is 254 g/mol. The maximum atomic E-state index is 12.5. The Bertz CT molecular complexity index is 326.